The van der Waals surface area contributed by atoms with Crippen molar-refractivity contribution in [3.8, 4) is 0 Å². The SMILES string of the molecule is OCCCCn1nnc2ccccc21. The number of aryl methyl sites for hydroxylation is 1. The number of para-hydroxylation sites is 1. The van der Waals surface area contributed by atoms with Gasteiger partial charge in [0.25, 0.3) is 0 Å². The Balaban J connectivity index is 2.17. The minimum absolute atomic E-state index is 0.243. The van der Waals surface area contributed by atoms with Crippen molar-refractivity contribution in [1.29, 1.82) is 0 Å². The molecule has 2 aromatic rings. The minimum Gasteiger partial charge on any atom is -0.396 e. The zero-order valence-electron chi connectivity index (χ0n) is 7.93. The molecule has 0 saturated heterocycles. The van der Waals surface area contributed by atoms with E-state index >= 15 is 0 Å². The predicted octanol–water partition coefficient (Wildman–Crippen LogP) is 1.20. The van der Waals surface area contributed by atoms with Crippen molar-refractivity contribution >= 4 is 11.0 Å². The van der Waals surface area contributed by atoms with Crippen LogP contribution < -0.4 is 0 Å². The summed E-state index contributed by atoms with van der Waals surface area (Å²) in [5, 5.41) is 16.8. The summed E-state index contributed by atoms with van der Waals surface area (Å²) in [6.45, 7) is 1.06. The minimum atomic E-state index is 0.243. The topological polar surface area (TPSA) is 50.9 Å². The second-order valence-corrected chi connectivity index (χ2v) is 3.23. The van der Waals surface area contributed by atoms with Crippen molar-refractivity contribution in [2.24, 2.45) is 0 Å². The molecule has 0 radical (unpaired) electrons. The maximum Gasteiger partial charge on any atom is 0.113 e. The number of unbranched alkanes of at least 4 members (excludes halogenated alkanes) is 1. The van der Waals surface area contributed by atoms with Gasteiger partial charge in [0.15, 0.2) is 0 Å². The lowest BCUT2D eigenvalue weighted by Crippen LogP contribution is -2.00. The summed E-state index contributed by atoms with van der Waals surface area (Å²) in [5.41, 5.74) is 1.99. The van der Waals surface area contributed by atoms with Crippen LogP contribution in [-0.2, 0) is 6.54 Å². The Morgan fingerprint density at radius 2 is 2.07 bits per heavy atom. The van der Waals surface area contributed by atoms with Crippen LogP contribution >= 0.6 is 0 Å². The molecular formula is C10H13N3O. The number of aliphatic hydroxyl groups excluding tert-OH is 1. The first kappa shape index (κ1) is 9.15. The number of hydrogen-bond donors (Lipinski definition) is 1. The fourth-order valence-corrected chi connectivity index (χ4v) is 1.46. The van der Waals surface area contributed by atoms with E-state index in [-0.39, 0.29) is 6.61 Å². The van der Waals surface area contributed by atoms with Crippen LogP contribution in [-0.4, -0.2) is 26.7 Å². The van der Waals surface area contributed by atoms with Crippen LogP contribution in [0.25, 0.3) is 11.0 Å². The molecule has 1 heterocycles. The fourth-order valence-electron chi connectivity index (χ4n) is 1.46. The summed E-state index contributed by atoms with van der Waals surface area (Å²) in [7, 11) is 0. The Morgan fingerprint density at radius 3 is 2.93 bits per heavy atom. The average Bonchev–Trinajstić information content (AvgIpc) is 2.63. The largest absolute Gasteiger partial charge is 0.396 e. The smallest absolute Gasteiger partial charge is 0.113 e. The molecule has 1 aromatic heterocycles. The van der Waals surface area contributed by atoms with Crippen LogP contribution in [0.1, 0.15) is 12.8 Å². The Bertz CT molecular complexity index is 410. The van der Waals surface area contributed by atoms with Gasteiger partial charge in [0.2, 0.25) is 0 Å². The highest BCUT2D eigenvalue weighted by molar-refractivity contribution is 5.73. The summed E-state index contributed by atoms with van der Waals surface area (Å²) in [6, 6.07) is 7.89. The molecule has 0 unspecified atom stereocenters. The van der Waals surface area contributed by atoms with Crippen molar-refractivity contribution in [2.75, 3.05) is 6.61 Å². The molecule has 14 heavy (non-hydrogen) atoms. The molecule has 0 bridgehead atoms. The highest BCUT2D eigenvalue weighted by Crippen LogP contribution is 2.10. The number of rotatable bonds is 4. The number of aliphatic hydroxyl groups is 1. The van der Waals surface area contributed by atoms with Gasteiger partial charge in [-0.1, -0.05) is 17.3 Å². The highest BCUT2D eigenvalue weighted by Gasteiger charge is 2.01. The number of fused-ring (bicyclic) bond motifs is 1. The molecule has 0 aliphatic rings. The average molecular weight is 191 g/mol. The standard InChI is InChI=1S/C10H13N3O/c14-8-4-3-7-13-10-6-2-1-5-9(10)11-12-13/h1-2,5-6,14H,3-4,7-8H2. The van der Waals surface area contributed by atoms with Gasteiger partial charge in [-0.2, -0.15) is 0 Å². The molecule has 0 spiro atoms. The molecule has 0 saturated carbocycles. The van der Waals surface area contributed by atoms with Crippen molar-refractivity contribution in [2.45, 2.75) is 19.4 Å². The van der Waals surface area contributed by atoms with Gasteiger partial charge in [-0.05, 0) is 25.0 Å². The van der Waals surface area contributed by atoms with E-state index < -0.39 is 0 Å². The first-order chi connectivity index (χ1) is 6.92. The monoisotopic (exact) mass is 191 g/mol. The molecule has 0 aliphatic carbocycles. The van der Waals surface area contributed by atoms with E-state index in [0.717, 1.165) is 30.4 Å². The zero-order chi connectivity index (χ0) is 9.80. The second-order valence-electron chi connectivity index (χ2n) is 3.23. The Morgan fingerprint density at radius 1 is 1.21 bits per heavy atom. The van der Waals surface area contributed by atoms with Crippen molar-refractivity contribution in [3.63, 3.8) is 0 Å². The van der Waals surface area contributed by atoms with Crippen molar-refractivity contribution < 1.29 is 5.11 Å². The van der Waals surface area contributed by atoms with Crippen LogP contribution in [0, 0.1) is 0 Å². The molecule has 4 heteroatoms. The van der Waals surface area contributed by atoms with Gasteiger partial charge >= 0.3 is 0 Å². The van der Waals surface area contributed by atoms with E-state index in [1.807, 2.05) is 28.9 Å². The van der Waals surface area contributed by atoms with Gasteiger partial charge in [0.1, 0.15) is 5.52 Å². The van der Waals surface area contributed by atoms with Crippen LogP contribution in [0.15, 0.2) is 24.3 Å². The molecule has 4 nitrogen and oxygen atoms in total. The van der Waals surface area contributed by atoms with E-state index in [2.05, 4.69) is 10.3 Å². The molecule has 0 atom stereocenters. The lowest BCUT2D eigenvalue weighted by Gasteiger charge is -1.99. The number of hydrogen-bond acceptors (Lipinski definition) is 3. The maximum absolute atomic E-state index is 8.66. The Labute approximate surface area is 82.2 Å². The fraction of sp³-hybridized carbons (Fsp3) is 0.400. The first-order valence-electron chi connectivity index (χ1n) is 4.81. The first-order valence-corrected chi connectivity index (χ1v) is 4.81. The number of benzene rings is 1. The van der Waals surface area contributed by atoms with Gasteiger partial charge in [-0.3, -0.25) is 0 Å². The molecular weight excluding hydrogens is 178 g/mol. The molecule has 0 fully saturated rings. The zero-order valence-corrected chi connectivity index (χ0v) is 7.93. The normalized spacial score (nSPS) is 10.9. The summed E-state index contributed by atoms with van der Waals surface area (Å²) in [4.78, 5) is 0. The summed E-state index contributed by atoms with van der Waals surface area (Å²) in [6.07, 6.45) is 1.75. The molecule has 2 rings (SSSR count). The predicted molar refractivity (Wildman–Crippen MR) is 53.8 cm³/mol. The van der Waals surface area contributed by atoms with Gasteiger partial charge in [-0.15, -0.1) is 5.10 Å². The highest BCUT2D eigenvalue weighted by atomic mass is 16.2. The number of aromatic nitrogens is 3. The van der Waals surface area contributed by atoms with Crippen molar-refractivity contribution in [3.05, 3.63) is 24.3 Å². The van der Waals surface area contributed by atoms with Crippen LogP contribution in [0.5, 0.6) is 0 Å². The van der Waals surface area contributed by atoms with Gasteiger partial charge in [0, 0.05) is 13.2 Å². The van der Waals surface area contributed by atoms with E-state index in [9.17, 15) is 0 Å². The van der Waals surface area contributed by atoms with Crippen LogP contribution in [0.4, 0.5) is 0 Å². The third-order valence-electron chi connectivity index (χ3n) is 2.20. The Kier molecular flexibility index (Phi) is 2.74. The van der Waals surface area contributed by atoms with E-state index in [1.54, 1.807) is 0 Å². The van der Waals surface area contributed by atoms with Crippen LogP contribution in [0.2, 0.25) is 0 Å². The van der Waals surface area contributed by atoms with Gasteiger partial charge < -0.3 is 5.11 Å². The second kappa shape index (κ2) is 4.19. The van der Waals surface area contributed by atoms with Gasteiger partial charge in [0.05, 0.1) is 5.52 Å². The maximum atomic E-state index is 8.66. The molecule has 74 valence electrons. The van der Waals surface area contributed by atoms with Gasteiger partial charge in [-0.25, -0.2) is 4.68 Å². The van der Waals surface area contributed by atoms with E-state index in [4.69, 9.17) is 5.11 Å². The lowest BCUT2D eigenvalue weighted by molar-refractivity contribution is 0.280. The van der Waals surface area contributed by atoms with E-state index in [1.165, 1.54) is 0 Å². The quantitative estimate of drug-likeness (QED) is 0.739. The molecule has 0 aliphatic heterocycles. The summed E-state index contributed by atoms with van der Waals surface area (Å²) in [5.74, 6) is 0. The third-order valence-corrected chi connectivity index (χ3v) is 2.20. The third kappa shape index (κ3) is 1.75. The summed E-state index contributed by atoms with van der Waals surface area (Å²) < 4.78 is 1.88. The molecule has 1 aromatic carbocycles. The van der Waals surface area contributed by atoms with Crippen LogP contribution in [0.3, 0.4) is 0 Å². The molecule has 1 N–H and O–H groups in total. The number of nitrogens with zero attached hydrogens (tertiary/aromatic N) is 3. The van der Waals surface area contributed by atoms with E-state index in [0.29, 0.717) is 0 Å². The lowest BCUT2D eigenvalue weighted by atomic mass is 10.3. The Hall–Kier alpha value is -1.42. The molecule has 0 amide bonds. The van der Waals surface area contributed by atoms with Crippen molar-refractivity contribution in [1.82, 2.24) is 15.0 Å². The summed E-state index contributed by atoms with van der Waals surface area (Å²) >= 11 is 0.